The summed E-state index contributed by atoms with van der Waals surface area (Å²) in [5.74, 6) is 0.695. The maximum absolute atomic E-state index is 12.5. The fourth-order valence-corrected chi connectivity index (χ4v) is 4.93. The van der Waals surface area contributed by atoms with E-state index in [4.69, 9.17) is 14.2 Å². The summed E-state index contributed by atoms with van der Waals surface area (Å²) in [4.78, 5) is 29.3. The van der Waals surface area contributed by atoms with Crippen molar-refractivity contribution in [3.63, 3.8) is 0 Å². The number of esters is 2. The molecule has 0 N–H and O–H groups in total. The van der Waals surface area contributed by atoms with Crippen LogP contribution in [0.2, 0.25) is 0 Å². The van der Waals surface area contributed by atoms with E-state index in [1.165, 1.54) is 0 Å². The average Bonchev–Trinajstić information content (AvgIpc) is 2.82. The molecule has 7 nitrogen and oxygen atoms in total. The molecule has 1 saturated heterocycles. The van der Waals surface area contributed by atoms with E-state index < -0.39 is 0 Å². The molecule has 1 aliphatic carbocycles. The van der Waals surface area contributed by atoms with E-state index in [0.29, 0.717) is 37.9 Å². The molecule has 0 aromatic rings. The normalized spacial score (nSPS) is 22.0. The highest BCUT2D eigenvalue weighted by Crippen LogP contribution is 2.29. The molecule has 0 aromatic carbocycles. The standard InChI is InChI=1S/C29H54N2O5/c1-28(2,3)14-12-26(32)35-22-24-8-10-25(11-9-24)23-36-27(33)13-17-31(29(4,5)6)16-7-15-30-18-20-34-21-19-30/h24-25H,7-23H2,1-6H3. The number of hydrogen-bond acceptors (Lipinski definition) is 7. The van der Waals surface area contributed by atoms with Crippen LogP contribution in [0.4, 0.5) is 0 Å². The zero-order valence-corrected chi connectivity index (χ0v) is 24.1. The minimum atomic E-state index is -0.0904. The number of rotatable bonds is 13. The molecule has 0 spiro atoms. The lowest BCUT2D eigenvalue weighted by atomic mass is 9.83. The molecule has 2 aliphatic rings. The van der Waals surface area contributed by atoms with Crippen LogP contribution >= 0.6 is 0 Å². The van der Waals surface area contributed by atoms with Crippen LogP contribution in [0.15, 0.2) is 0 Å². The third kappa shape index (κ3) is 13.4. The van der Waals surface area contributed by atoms with Gasteiger partial charge in [0.15, 0.2) is 0 Å². The second kappa shape index (κ2) is 15.3. The lowest BCUT2D eigenvalue weighted by Crippen LogP contribution is -2.44. The monoisotopic (exact) mass is 510 g/mol. The Hall–Kier alpha value is -1.18. The molecule has 0 bridgehead atoms. The summed E-state index contributed by atoms with van der Waals surface area (Å²) in [6.07, 6.45) is 7.03. The molecule has 36 heavy (non-hydrogen) atoms. The van der Waals surface area contributed by atoms with E-state index in [1.54, 1.807) is 0 Å². The lowest BCUT2D eigenvalue weighted by Gasteiger charge is -2.36. The quantitative estimate of drug-likeness (QED) is 0.326. The van der Waals surface area contributed by atoms with Gasteiger partial charge in [-0.3, -0.25) is 19.4 Å². The summed E-state index contributed by atoms with van der Waals surface area (Å²) in [6.45, 7) is 20.6. The Labute approximate surface area is 220 Å². The Balaban J connectivity index is 1.58. The first-order valence-electron chi connectivity index (χ1n) is 14.3. The molecule has 1 heterocycles. The van der Waals surface area contributed by atoms with Gasteiger partial charge < -0.3 is 14.2 Å². The van der Waals surface area contributed by atoms with Gasteiger partial charge in [0.25, 0.3) is 0 Å². The summed E-state index contributed by atoms with van der Waals surface area (Å²) in [5, 5.41) is 0. The molecule has 210 valence electrons. The van der Waals surface area contributed by atoms with Crippen LogP contribution in [0.25, 0.3) is 0 Å². The first-order chi connectivity index (χ1) is 16.9. The van der Waals surface area contributed by atoms with Crippen molar-refractivity contribution in [2.24, 2.45) is 17.3 Å². The highest BCUT2D eigenvalue weighted by molar-refractivity contribution is 5.69. The molecular formula is C29H54N2O5. The molecule has 1 aliphatic heterocycles. The van der Waals surface area contributed by atoms with Crippen LogP contribution in [-0.2, 0) is 23.8 Å². The summed E-state index contributed by atoms with van der Waals surface area (Å²) in [6, 6.07) is 0. The van der Waals surface area contributed by atoms with E-state index in [0.717, 1.165) is 84.5 Å². The maximum atomic E-state index is 12.5. The third-order valence-corrected chi connectivity index (χ3v) is 7.55. The molecule has 2 rings (SSSR count). The topological polar surface area (TPSA) is 68.3 Å². The van der Waals surface area contributed by atoms with Crippen molar-refractivity contribution in [3.05, 3.63) is 0 Å². The van der Waals surface area contributed by atoms with Crippen LogP contribution in [0.5, 0.6) is 0 Å². The Morgan fingerprint density at radius 2 is 1.36 bits per heavy atom. The second-order valence-corrected chi connectivity index (χ2v) is 13.0. The van der Waals surface area contributed by atoms with Crippen molar-refractivity contribution in [2.75, 3.05) is 59.2 Å². The SMILES string of the molecule is CC(C)(C)CCC(=O)OCC1CCC(COC(=O)CCN(CCCN2CCOCC2)C(C)(C)C)CC1. The summed E-state index contributed by atoms with van der Waals surface area (Å²) >= 11 is 0. The van der Waals surface area contributed by atoms with Crippen molar-refractivity contribution < 1.29 is 23.8 Å². The highest BCUT2D eigenvalue weighted by atomic mass is 16.5. The third-order valence-electron chi connectivity index (χ3n) is 7.55. The van der Waals surface area contributed by atoms with E-state index >= 15 is 0 Å². The van der Waals surface area contributed by atoms with Crippen molar-refractivity contribution in [1.29, 1.82) is 0 Å². The second-order valence-electron chi connectivity index (χ2n) is 13.0. The van der Waals surface area contributed by atoms with Gasteiger partial charge >= 0.3 is 11.9 Å². The molecule has 0 unspecified atom stereocenters. The largest absolute Gasteiger partial charge is 0.465 e. The van der Waals surface area contributed by atoms with Crippen LogP contribution in [0.1, 0.15) is 92.9 Å². The first-order valence-corrected chi connectivity index (χ1v) is 14.3. The van der Waals surface area contributed by atoms with E-state index in [9.17, 15) is 9.59 Å². The number of morpholine rings is 1. The van der Waals surface area contributed by atoms with E-state index in [1.807, 2.05) is 0 Å². The van der Waals surface area contributed by atoms with E-state index in [2.05, 4.69) is 51.3 Å². The predicted octanol–water partition coefficient (Wildman–Crippen LogP) is 4.92. The van der Waals surface area contributed by atoms with Gasteiger partial charge in [-0.25, -0.2) is 0 Å². The van der Waals surface area contributed by atoms with Crippen LogP contribution < -0.4 is 0 Å². The molecule has 0 atom stereocenters. The number of carbonyl (C=O) groups is 2. The van der Waals surface area contributed by atoms with Gasteiger partial charge in [0.2, 0.25) is 0 Å². The minimum absolute atomic E-state index is 0.0276. The Morgan fingerprint density at radius 1 is 0.833 bits per heavy atom. The smallest absolute Gasteiger partial charge is 0.307 e. The summed E-state index contributed by atoms with van der Waals surface area (Å²) in [5.41, 5.74) is 0.183. The molecule has 2 fully saturated rings. The van der Waals surface area contributed by atoms with Gasteiger partial charge in [-0.2, -0.15) is 0 Å². The maximum Gasteiger partial charge on any atom is 0.307 e. The Kier molecular flexibility index (Phi) is 13.2. The number of nitrogens with zero attached hydrogens (tertiary/aromatic N) is 2. The molecular weight excluding hydrogens is 456 g/mol. The average molecular weight is 511 g/mol. The van der Waals surface area contributed by atoms with Crippen LogP contribution in [0, 0.1) is 17.3 Å². The molecule has 0 radical (unpaired) electrons. The Morgan fingerprint density at radius 3 is 1.86 bits per heavy atom. The fourth-order valence-electron chi connectivity index (χ4n) is 4.93. The minimum Gasteiger partial charge on any atom is -0.465 e. The fraction of sp³-hybridized carbons (Fsp3) is 0.931. The highest BCUT2D eigenvalue weighted by Gasteiger charge is 2.25. The van der Waals surface area contributed by atoms with Crippen molar-refractivity contribution in [2.45, 2.75) is 98.4 Å². The van der Waals surface area contributed by atoms with Crippen LogP contribution in [0.3, 0.4) is 0 Å². The van der Waals surface area contributed by atoms with Crippen molar-refractivity contribution >= 4 is 11.9 Å². The summed E-state index contributed by atoms with van der Waals surface area (Å²) < 4.78 is 16.6. The van der Waals surface area contributed by atoms with Gasteiger partial charge in [0.1, 0.15) is 0 Å². The Bertz CT molecular complexity index is 641. The van der Waals surface area contributed by atoms with Gasteiger partial charge in [0.05, 0.1) is 32.8 Å². The van der Waals surface area contributed by atoms with Gasteiger partial charge in [-0.15, -0.1) is 0 Å². The molecule has 0 aromatic heterocycles. The van der Waals surface area contributed by atoms with E-state index in [-0.39, 0.29) is 22.9 Å². The molecule has 7 heteroatoms. The van der Waals surface area contributed by atoms with Gasteiger partial charge in [-0.05, 0) is 89.6 Å². The first kappa shape index (κ1) is 31.0. The summed E-state index contributed by atoms with van der Waals surface area (Å²) in [7, 11) is 0. The van der Waals surface area contributed by atoms with Gasteiger partial charge in [-0.1, -0.05) is 20.8 Å². The van der Waals surface area contributed by atoms with Crippen molar-refractivity contribution in [3.8, 4) is 0 Å². The predicted molar refractivity (Wildman–Crippen MR) is 144 cm³/mol. The number of ether oxygens (including phenoxy) is 3. The van der Waals surface area contributed by atoms with Crippen molar-refractivity contribution in [1.82, 2.24) is 9.80 Å². The lowest BCUT2D eigenvalue weighted by molar-refractivity contribution is -0.148. The number of carbonyl (C=O) groups excluding carboxylic acids is 2. The zero-order valence-electron chi connectivity index (χ0n) is 24.1. The molecule has 1 saturated carbocycles. The zero-order chi connectivity index (χ0) is 26.6. The van der Waals surface area contributed by atoms with Gasteiger partial charge in [0, 0.05) is 31.6 Å². The van der Waals surface area contributed by atoms with Crippen LogP contribution in [-0.4, -0.2) is 86.4 Å². The molecule has 0 amide bonds. The number of hydrogen-bond donors (Lipinski definition) is 0.